The summed E-state index contributed by atoms with van der Waals surface area (Å²) in [5, 5.41) is 0.716. The van der Waals surface area contributed by atoms with E-state index in [4.69, 9.17) is 10.7 Å². The minimum absolute atomic E-state index is 0.716. The first-order chi connectivity index (χ1) is 11.3. The molecule has 0 atom stereocenters. The number of hydrogen-bond acceptors (Lipinski definition) is 2. The number of nitrogens with two attached hydrogens (primary N) is 1. The van der Waals surface area contributed by atoms with Gasteiger partial charge in [0.2, 0.25) is 0 Å². The quantitative estimate of drug-likeness (QED) is 0.379. The zero-order chi connectivity index (χ0) is 16.1. The van der Waals surface area contributed by atoms with Gasteiger partial charge in [-0.25, -0.2) is 4.99 Å². The minimum atomic E-state index is 0.716. The monoisotopic (exact) mass is 364 g/mol. The Morgan fingerprint density at radius 3 is 1.91 bits per heavy atom. The van der Waals surface area contributed by atoms with Crippen molar-refractivity contribution in [3.05, 3.63) is 95.6 Å². The lowest BCUT2D eigenvalue weighted by molar-refractivity contribution is 1.37. The lowest BCUT2D eigenvalue weighted by Gasteiger charge is -2.10. The molecule has 0 aromatic heterocycles. The van der Waals surface area contributed by atoms with Crippen LogP contribution in [0.2, 0.25) is 0 Å². The summed E-state index contributed by atoms with van der Waals surface area (Å²) < 4.78 is 0. The number of aliphatic imine (C=N–C) groups is 1. The van der Waals surface area contributed by atoms with Gasteiger partial charge in [0.05, 0.1) is 11.4 Å². The normalized spacial score (nSPS) is 10.3. The van der Waals surface area contributed by atoms with Gasteiger partial charge < -0.3 is 5.73 Å². The van der Waals surface area contributed by atoms with Gasteiger partial charge in [0.1, 0.15) is 0 Å². The molecular formula is C20H17BrN2. The highest BCUT2D eigenvalue weighted by Crippen LogP contribution is 2.26. The van der Waals surface area contributed by atoms with E-state index in [1.807, 2.05) is 54.6 Å². The van der Waals surface area contributed by atoms with Gasteiger partial charge in [0.15, 0.2) is 0 Å². The molecule has 3 rings (SSSR count). The van der Waals surface area contributed by atoms with Crippen LogP contribution < -0.4 is 5.73 Å². The van der Waals surface area contributed by atoms with Crippen LogP contribution >= 0.6 is 15.9 Å². The van der Waals surface area contributed by atoms with Gasteiger partial charge in [0.25, 0.3) is 0 Å². The van der Waals surface area contributed by atoms with Gasteiger partial charge in [-0.3, -0.25) is 0 Å². The van der Waals surface area contributed by atoms with Crippen LogP contribution in [0.25, 0.3) is 0 Å². The minimum Gasteiger partial charge on any atom is -0.399 e. The van der Waals surface area contributed by atoms with Crippen molar-refractivity contribution in [1.82, 2.24) is 0 Å². The molecular weight excluding hydrogens is 348 g/mol. The van der Waals surface area contributed by atoms with E-state index in [9.17, 15) is 0 Å². The maximum absolute atomic E-state index is 5.89. The maximum atomic E-state index is 5.89. The van der Waals surface area contributed by atoms with Crippen LogP contribution in [0.5, 0.6) is 0 Å². The summed E-state index contributed by atoms with van der Waals surface area (Å²) in [7, 11) is 0. The first-order valence-electron chi connectivity index (χ1n) is 7.42. The highest BCUT2D eigenvalue weighted by Gasteiger charge is 2.08. The SMILES string of the molecule is Nc1ccc(N=C(c2ccccc2)c2ccccc2)c(CBr)c1. The van der Waals surface area contributed by atoms with E-state index in [0.29, 0.717) is 5.33 Å². The van der Waals surface area contributed by atoms with Crippen molar-refractivity contribution in [3.63, 3.8) is 0 Å². The van der Waals surface area contributed by atoms with Gasteiger partial charge in [-0.05, 0) is 23.8 Å². The van der Waals surface area contributed by atoms with Crippen molar-refractivity contribution in [1.29, 1.82) is 0 Å². The Hall–Kier alpha value is -2.39. The van der Waals surface area contributed by atoms with Crippen LogP contribution in [0.1, 0.15) is 16.7 Å². The second-order valence-electron chi connectivity index (χ2n) is 5.21. The first-order valence-corrected chi connectivity index (χ1v) is 8.54. The number of benzene rings is 3. The molecule has 0 fully saturated rings. The van der Waals surface area contributed by atoms with E-state index in [1.165, 1.54) is 0 Å². The summed E-state index contributed by atoms with van der Waals surface area (Å²) in [6.45, 7) is 0. The average molecular weight is 365 g/mol. The van der Waals surface area contributed by atoms with Crippen LogP contribution in [0, 0.1) is 0 Å². The van der Waals surface area contributed by atoms with Crippen LogP contribution in [-0.4, -0.2) is 5.71 Å². The van der Waals surface area contributed by atoms with Crippen LogP contribution in [0.15, 0.2) is 83.9 Å². The Kier molecular flexibility index (Phi) is 4.89. The number of nitrogen functional groups attached to an aromatic ring is 1. The number of rotatable bonds is 4. The molecule has 0 spiro atoms. The molecule has 23 heavy (non-hydrogen) atoms. The summed E-state index contributed by atoms with van der Waals surface area (Å²) in [6, 6.07) is 26.3. The molecule has 0 unspecified atom stereocenters. The molecule has 2 N–H and O–H groups in total. The zero-order valence-corrected chi connectivity index (χ0v) is 14.2. The van der Waals surface area contributed by atoms with Gasteiger partial charge >= 0.3 is 0 Å². The Morgan fingerprint density at radius 2 is 1.39 bits per heavy atom. The fourth-order valence-corrected chi connectivity index (χ4v) is 2.88. The van der Waals surface area contributed by atoms with E-state index in [1.54, 1.807) is 0 Å². The fraction of sp³-hybridized carbons (Fsp3) is 0.0500. The predicted molar refractivity (Wildman–Crippen MR) is 102 cm³/mol. The number of alkyl halides is 1. The summed E-state index contributed by atoms with van der Waals surface area (Å²) in [4.78, 5) is 4.94. The van der Waals surface area contributed by atoms with Crippen LogP contribution in [-0.2, 0) is 5.33 Å². The second kappa shape index (κ2) is 7.25. The topological polar surface area (TPSA) is 38.4 Å². The Balaban J connectivity index is 2.16. The van der Waals surface area contributed by atoms with Crippen molar-refractivity contribution in [3.8, 4) is 0 Å². The number of anilines is 1. The van der Waals surface area contributed by atoms with Crippen molar-refractivity contribution < 1.29 is 0 Å². The smallest absolute Gasteiger partial charge is 0.0781 e. The molecule has 3 aromatic carbocycles. The largest absolute Gasteiger partial charge is 0.399 e. The highest BCUT2D eigenvalue weighted by molar-refractivity contribution is 9.08. The van der Waals surface area contributed by atoms with Gasteiger partial charge in [-0.15, -0.1) is 0 Å². The van der Waals surface area contributed by atoms with Gasteiger partial charge in [0, 0.05) is 22.1 Å². The van der Waals surface area contributed by atoms with E-state index in [0.717, 1.165) is 33.8 Å². The highest BCUT2D eigenvalue weighted by atomic mass is 79.9. The second-order valence-corrected chi connectivity index (χ2v) is 5.77. The standard InChI is InChI=1S/C20H17BrN2/c21-14-17-13-18(22)11-12-19(17)23-20(15-7-3-1-4-8-15)16-9-5-2-6-10-16/h1-13H,14,22H2. The lowest BCUT2D eigenvalue weighted by Crippen LogP contribution is -2.03. The number of nitrogens with zero attached hydrogens (tertiary/aromatic N) is 1. The molecule has 0 aliphatic carbocycles. The summed E-state index contributed by atoms with van der Waals surface area (Å²) in [6.07, 6.45) is 0. The van der Waals surface area contributed by atoms with E-state index < -0.39 is 0 Å². The summed E-state index contributed by atoms with van der Waals surface area (Å²) in [5.74, 6) is 0. The molecule has 0 heterocycles. The average Bonchev–Trinajstić information content (AvgIpc) is 2.62. The lowest BCUT2D eigenvalue weighted by atomic mass is 10.0. The Morgan fingerprint density at radius 1 is 0.826 bits per heavy atom. The van der Waals surface area contributed by atoms with Crippen molar-refractivity contribution in [2.24, 2.45) is 4.99 Å². The molecule has 0 amide bonds. The van der Waals surface area contributed by atoms with E-state index >= 15 is 0 Å². The third-order valence-corrected chi connectivity index (χ3v) is 4.18. The van der Waals surface area contributed by atoms with Crippen molar-refractivity contribution in [2.45, 2.75) is 5.33 Å². The van der Waals surface area contributed by atoms with E-state index in [2.05, 4.69) is 40.2 Å². The van der Waals surface area contributed by atoms with Crippen molar-refractivity contribution >= 4 is 33.0 Å². The molecule has 0 saturated carbocycles. The van der Waals surface area contributed by atoms with Crippen molar-refractivity contribution in [2.75, 3.05) is 5.73 Å². The molecule has 0 aliphatic heterocycles. The molecule has 0 saturated heterocycles. The molecule has 3 aromatic rings. The molecule has 0 bridgehead atoms. The molecule has 3 heteroatoms. The number of halogens is 1. The molecule has 0 radical (unpaired) electrons. The summed E-state index contributed by atoms with van der Waals surface area (Å²) in [5.41, 5.74) is 11.8. The van der Waals surface area contributed by atoms with Crippen LogP contribution in [0.3, 0.4) is 0 Å². The molecule has 0 aliphatic rings. The van der Waals surface area contributed by atoms with E-state index in [-0.39, 0.29) is 0 Å². The zero-order valence-electron chi connectivity index (χ0n) is 12.6. The summed E-state index contributed by atoms with van der Waals surface area (Å²) >= 11 is 3.52. The van der Waals surface area contributed by atoms with Gasteiger partial charge in [-0.2, -0.15) is 0 Å². The van der Waals surface area contributed by atoms with Crippen LogP contribution in [0.4, 0.5) is 11.4 Å². The maximum Gasteiger partial charge on any atom is 0.0781 e. The molecule has 114 valence electrons. The Bertz CT molecular complexity index is 770. The first kappa shape index (κ1) is 15.5. The predicted octanol–water partition coefficient (Wildman–Crippen LogP) is 5.33. The Labute approximate surface area is 144 Å². The molecule has 2 nitrogen and oxygen atoms in total. The third-order valence-electron chi connectivity index (χ3n) is 3.57. The van der Waals surface area contributed by atoms with Gasteiger partial charge in [-0.1, -0.05) is 76.6 Å². The number of hydrogen-bond donors (Lipinski definition) is 1. The fourth-order valence-electron chi connectivity index (χ4n) is 2.43. The third kappa shape index (κ3) is 3.69.